The van der Waals surface area contributed by atoms with Gasteiger partial charge in [-0.1, -0.05) is 11.6 Å². The molecule has 1 amide bonds. The molecule has 1 saturated heterocycles. The lowest BCUT2D eigenvalue weighted by atomic mass is 10.1. The van der Waals surface area contributed by atoms with Crippen molar-refractivity contribution < 1.29 is 27.1 Å². The molecule has 0 radical (unpaired) electrons. The van der Waals surface area contributed by atoms with Crippen molar-refractivity contribution in [2.75, 3.05) is 26.3 Å². The van der Waals surface area contributed by atoms with Crippen LogP contribution in [0.4, 0.5) is 17.6 Å². The maximum atomic E-state index is 13.4. The Morgan fingerprint density at radius 2 is 2.03 bits per heavy atom. The number of aromatic nitrogens is 4. The van der Waals surface area contributed by atoms with Crippen LogP contribution in [0.3, 0.4) is 0 Å². The topological polar surface area (TPSA) is 73.1 Å². The number of carbonyl (C=O) groups excluding carboxylic acids is 1. The van der Waals surface area contributed by atoms with E-state index < -0.39 is 18.5 Å². The fourth-order valence-corrected chi connectivity index (χ4v) is 3.68. The molecular formula is C20H18ClF4N5O2. The van der Waals surface area contributed by atoms with Crippen LogP contribution in [-0.2, 0) is 17.7 Å². The van der Waals surface area contributed by atoms with E-state index in [0.717, 1.165) is 10.7 Å². The summed E-state index contributed by atoms with van der Waals surface area (Å²) in [5.74, 6) is -1.09. The number of alkyl halides is 3. The summed E-state index contributed by atoms with van der Waals surface area (Å²) in [7, 11) is 0. The lowest BCUT2D eigenvalue weighted by Gasteiger charge is -2.19. The van der Waals surface area contributed by atoms with Gasteiger partial charge in [0.25, 0.3) is 5.91 Å². The first-order chi connectivity index (χ1) is 15.2. The van der Waals surface area contributed by atoms with Crippen LogP contribution in [0.1, 0.15) is 28.3 Å². The molecule has 1 fully saturated rings. The average Bonchev–Trinajstić information content (AvgIpc) is 2.91. The number of hydrogen-bond acceptors (Lipinski definition) is 5. The fourth-order valence-electron chi connectivity index (χ4n) is 3.51. The highest BCUT2D eigenvalue weighted by molar-refractivity contribution is 6.29. The molecule has 0 saturated carbocycles. The van der Waals surface area contributed by atoms with E-state index in [2.05, 4.69) is 15.1 Å². The summed E-state index contributed by atoms with van der Waals surface area (Å²) in [6.07, 6.45) is -2.52. The summed E-state index contributed by atoms with van der Waals surface area (Å²) in [4.78, 5) is 22.5. The number of carbonyl (C=O) groups is 1. The van der Waals surface area contributed by atoms with Gasteiger partial charge in [-0.05, 0) is 24.6 Å². The maximum Gasteiger partial charge on any atom is 0.408 e. The van der Waals surface area contributed by atoms with Gasteiger partial charge in [-0.25, -0.2) is 9.37 Å². The Morgan fingerprint density at radius 3 is 2.78 bits per heavy atom. The lowest BCUT2D eigenvalue weighted by molar-refractivity contribution is -0.141. The molecule has 0 N–H and O–H groups in total. The predicted octanol–water partition coefficient (Wildman–Crippen LogP) is 3.63. The van der Waals surface area contributed by atoms with Crippen molar-refractivity contribution in [3.05, 3.63) is 52.4 Å². The van der Waals surface area contributed by atoms with E-state index in [4.69, 9.17) is 16.3 Å². The van der Waals surface area contributed by atoms with Gasteiger partial charge in [0.15, 0.2) is 11.0 Å². The fraction of sp³-hybridized carbons (Fsp3) is 0.400. The summed E-state index contributed by atoms with van der Waals surface area (Å²) in [5, 5.41) is 4.09. The first-order valence-electron chi connectivity index (χ1n) is 9.81. The van der Waals surface area contributed by atoms with E-state index in [-0.39, 0.29) is 34.4 Å². The molecule has 3 aromatic heterocycles. The molecule has 4 heterocycles. The smallest absolute Gasteiger partial charge is 0.380 e. The summed E-state index contributed by atoms with van der Waals surface area (Å²) < 4.78 is 59.0. The van der Waals surface area contributed by atoms with Gasteiger partial charge in [-0.15, -0.1) is 0 Å². The van der Waals surface area contributed by atoms with Crippen LogP contribution in [0.25, 0.3) is 10.9 Å². The van der Waals surface area contributed by atoms with Gasteiger partial charge in [0.05, 0.1) is 17.8 Å². The number of hydrogen-bond donors (Lipinski definition) is 0. The van der Waals surface area contributed by atoms with Crippen molar-refractivity contribution in [1.29, 1.82) is 0 Å². The van der Waals surface area contributed by atoms with E-state index in [1.807, 2.05) is 0 Å². The number of ether oxygens (including phenoxy) is 1. The largest absolute Gasteiger partial charge is 0.408 e. The van der Waals surface area contributed by atoms with Crippen LogP contribution in [0.5, 0.6) is 0 Å². The maximum absolute atomic E-state index is 13.4. The Morgan fingerprint density at radius 1 is 1.22 bits per heavy atom. The number of amides is 1. The second-order valence-electron chi connectivity index (χ2n) is 7.32. The van der Waals surface area contributed by atoms with E-state index in [1.54, 1.807) is 4.90 Å². The molecule has 3 aromatic rings. The minimum Gasteiger partial charge on any atom is -0.380 e. The van der Waals surface area contributed by atoms with Crippen molar-refractivity contribution in [3.63, 3.8) is 0 Å². The highest BCUT2D eigenvalue weighted by Crippen LogP contribution is 2.26. The van der Waals surface area contributed by atoms with E-state index in [0.29, 0.717) is 43.8 Å². The van der Waals surface area contributed by atoms with Crippen LogP contribution < -0.4 is 0 Å². The van der Waals surface area contributed by atoms with Gasteiger partial charge >= 0.3 is 6.18 Å². The second-order valence-corrected chi connectivity index (χ2v) is 7.67. The zero-order valence-electron chi connectivity index (χ0n) is 16.7. The monoisotopic (exact) mass is 471 g/mol. The summed E-state index contributed by atoms with van der Waals surface area (Å²) in [6.45, 7) is 0.443. The highest BCUT2D eigenvalue weighted by Gasteiger charge is 2.30. The molecule has 12 heteroatoms. The number of rotatable bonds is 4. The molecule has 0 unspecified atom stereocenters. The molecule has 0 aromatic carbocycles. The minimum absolute atomic E-state index is 0.0137. The Bertz CT molecular complexity index is 1140. The predicted molar refractivity (Wildman–Crippen MR) is 107 cm³/mol. The summed E-state index contributed by atoms with van der Waals surface area (Å²) in [5.41, 5.74) is 0.737. The van der Waals surface area contributed by atoms with E-state index >= 15 is 0 Å². The van der Waals surface area contributed by atoms with Crippen molar-refractivity contribution in [3.8, 4) is 0 Å². The van der Waals surface area contributed by atoms with Gasteiger partial charge in [0, 0.05) is 43.4 Å². The lowest BCUT2D eigenvalue weighted by Crippen LogP contribution is -2.33. The second kappa shape index (κ2) is 8.99. The third kappa shape index (κ3) is 4.99. The standard InChI is InChI=1S/C20H18ClF4N5O2/c21-18-14(22)3-2-12(27-18)8-15-13-10-26-16(19(31)29-4-1-6-32-7-5-29)9-17(13)30(28-15)11-20(23,24)25/h2-3,9-10H,1,4-8,11H2. The SMILES string of the molecule is O=C(c1cc2c(cn1)c(Cc1ccc(F)c(Cl)n1)nn2CC(F)(F)F)N1CCCOCC1. The molecule has 1 aliphatic rings. The van der Waals surface area contributed by atoms with Crippen molar-refractivity contribution >= 4 is 28.4 Å². The molecule has 7 nitrogen and oxygen atoms in total. The number of fused-ring (bicyclic) bond motifs is 1. The highest BCUT2D eigenvalue weighted by atomic mass is 35.5. The Hall–Kier alpha value is -2.79. The van der Waals surface area contributed by atoms with Gasteiger partial charge in [-0.2, -0.15) is 18.3 Å². The molecule has 32 heavy (non-hydrogen) atoms. The Kier molecular flexibility index (Phi) is 6.29. The Labute approximate surface area is 184 Å². The minimum atomic E-state index is -4.52. The van der Waals surface area contributed by atoms with Crippen molar-refractivity contribution in [2.45, 2.75) is 25.6 Å². The molecule has 4 rings (SSSR count). The van der Waals surface area contributed by atoms with Crippen LogP contribution >= 0.6 is 11.6 Å². The zero-order valence-corrected chi connectivity index (χ0v) is 17.5. The quantitative estimate of drug-likeness (QED) is 0.429. The van der Waals surface area contributed by atoms with Crippen molar-refractivity contribution in [1.82, 2.24) is 24.6 Å². The third-order valence-corrected chi connectivity index (χ3v) is 5.24. The average molecular weight is 472 g/mol. The number of pyridine rings is 2. The van der Waals surface area contributed by atoms with Gasteiger partial charge in [0.2, 0.25) is 0 Å². The molecule has 0 bridgehead atoms. The first-order valence-corrected chi connectivity index (χ1v) is 10.2. The third-order valence-electron chi connectivity index (χ3n) is 4.98. The molecule has 170 valence electrons. The molecule has 0 atom stereocenters. The molecular weight excluding hydrogens is 454 g/mol. The summed E-state index contributed by atoms with van der Waals surface area (Å²) >= 11 is 5.71. The summed E-state index contributed by atoms with van der Waals surface area (Å²) in [6, 6.07) is 3.82. The number of nitrogens with zero attached hydrogens (tertiary/aromatic N) is 5. The van der Waals surface area contributed by atoms with Crippen LogP contribution in [-0.4, -0.2) is 63.0 Å². The van der Waals surface area contributed by atoms with Crippen molar-refractivity contribution in [2.24, 2.45) is 0 Å². The Balaban J connectivity index is 1.72. The van der Waals surface area contributed by atoms with E-state index in [9.17, 15) is 22.4 Å². The van der Waals surface area contributed by atoms with Gasteiger partial charge in [-0.3, -0.25) is 14.5 Å². The zero-order chi connectivity index (χ0) is 22.9. The normalized spacial score (nSPS) is 15.2. The molecule has 0 spiro atoms. The molecule has 0 aliphatic carbocycles. The van der Waals surface area contributed by atoms with Gasteiger partial charge in [0.1, 0.15) is 12.2 Å². The van der Waals surface area contributed by atoms with Crippen LogP contribution in [0.2, 0.25) is 5.15 Å². The van der Waals surface area contributed by atoms with Crippen LogP contribution in [0.15, 0.2) is 24.4 Å². The van der Waals surface area contributed by atoms with E-state index in [1.165, 1.54) is 18.3 Å². The first kappa shape index (κ1) is 22.4. The molecule has 1 aliphatic heterocycles. The van der Waals surface area contributed by atoms with Crippen LogP contribution in [0, 0.1) is 5.82 Å². The van der Waals surface area contributed by atoms with Gasteiger partial charge < -0.3 is 9.64 Å². The number of halogens is 5.